The Balaban J connectivity index is 1.46. The highest BCUT2D eigenvalue weighted by Gasteiger charge is 2.53. The molecular weight excluding hydrogens is 202 g/mol. The van der Waals surface area contributed by atoms with Gasteiger partial charge in [-0.2, -0.15) is 0 Å². The second-order valence-corrected chi connectivity index (χ2v) is 5.98. The molecule has 0 aromatic carbocycles. The van der Waals surface area contributed by atoms with Crippen LogP contribution in [0, 0.1) is 11.8 Å². The summed E-state index contributed by atoms with van der Waals surface area (Å²) >= 11 is 0. The number of carbonyl (C=O) groups is 1. The van der Waals surface area contributed by atoms with Gasteiger partial charge in [-0.15, -0.1) is 0 Å². The van der Waals surface area contributed by atoms with E-state index in [-0.39, 0.29) is 5.91 Å². The van der Waals surface area contributed by atoms with Gasteiger partial charge >= 0.3 is 0 Å². The van der Waals surface area contributed by atoms with E-state index in [1.807, 2.05) is 4.90 Å². The largest absolute Gasteiger partial charge is 0.386 e. The molecule has 3 fully saturated rings. The highest BCUT2D eigenvalue weighted by Crippen LogP contribution is 2.44. The normalized spacial score (nSPS) is 29.2. The van der Waals surface area contributed by atoms with Crippen molar-refractivity contribution in [1.82, 2.24) is 4.90 Å². The van der Waals surface area contributed by atoms with Crippen molar-refractivity contribution < 1.29 is 9.90 Å². The summed E-state index contributed by atoms with van der Waals surface area (Å²) in [4.78, 5) is 13.8. The molecule has 1 N–H and O–H groups in total. The molecule has 1 aliphatic heterocycles. The van der Waals surface area contributed by atoms with Crippen molar-refractivity contribution in [3.8, 4) is 0 Å². The zero-order valence-electron chi connectivity index (χ0n) is 9.82. The Kier molecular flexibility index (Phi) is 2.46. The molecule has 3 heteroatoms. The Morgan fingerprint density at radius 3 is 2.38 bits per heavy atom. The average Bonchev–Trinajstić information content (AvgIpc) is 2.94. The molecule has 0 aromatic rings. The summed E-state index contributed by atoms with van der Waals surface area (Å²) in [5.41, 5.74) is -0.509. The summed E-state index contributed by atoms with van der Waals surface area (Å²) in [6.45, 7) is 1.20. The van der Waals surface area contributed by atoms with Crippen LogP contribution in [0.4, 0.5) is 0 Å². The molecule has 0 aromatic heterocycles. The third-order valence-corrected chi connectivity index (χ3v) is 4.56. The SMILES string of the molecule is O=C(CC1CCCC1)N1CC(O)(C2CC2)C1. The van der Waals surface area contributed by atoms with E-state index in [1.165, 1.54) is 25.7 Å². The van der Waals surface area contributed by atoms with Gasteiger partial charge in [0.15, 0.2) is 0 Å². The van der Waals surface area contributed by atoms with Crippen LogP contribution in [0.5, 0.6) is 0 Å². The summed E-state index contributed by atoms with van der Waals surface area (Å²) in [7, 11) is 0. The number of rotatable bonds is 3. The first-order chi connectivity index (χ1) is 7.67. The predicted molar refractivity (Wildman–Crippen MR) is 60.8 cm³/mol. The minimum absolute atomic E-state index is 0.275. The lowest BCUT2D eigenvalue weighted by Gasteiger charge is -2.47. The van der Waals surface area contributed by atoms with Crippen molar-refractivity contribution in [2.24, 2.45) is 11.8 Å². The first kappa shape index (κ1) is 10.6. The fourth-order valence-corrected chi connectivity index (χ4v) is 3.26. The first-order valence-corrected chi connectivity index (χ1v) is 6.67. The maximum absolute atomic E-state index is 11.9. The van der Waals surface area contributed by atoms with Crippen LogP contribution in [0.3, 0.4) is 0 Å². The van der Waals surface area contributed by atoms with E-state index in [9.17, 15) is 9.90 Å². The number of aliphatic hydroxyl groups is 1. The average molecular weight is 223 g/mol. The zero-order valence-corrected chi connectivity index (χ0v) is 9.82. The molecule has 3 rings (SSSR count). The van der Waals surface area contributed by atoms with Gasteiger partial charge in [0.05, 0.1) is 13.1 Å². The maximum atomic E-state index is 11.9. The molecular formula is C13H21NO2. The molecule has 1 saturated heterocycles. The van der Waals surface area contributed by atoms with E-state index in [2.05, 4.69) is 0 Å². The molecule has 0 bridgehead atoms. The van der Waals surface area contributed by atoms with Crippen LogP contribution in [-0.2, 0) is 4.79 Å². The van der Waals surface area contributed by atoms with Crippen molar-refractivity contribution >= 4 is 5.91 Å². The smallest absolute Gasteiger partial charge is 0.223 e. The van der Waals surface area contributed by atoms with Gasteiger partial charge in [0, 0.05) is 6.42 Å². The van der Waals surface area contributed by atoms with Gasteiger partial charge in [-0.25, -0.2) is 0 Å². The quantitative estimate of drug-likeness (QED) is 0.788. The molecule has 2 saturated carbocycles. The minimum atomic E-state index is -0.509. The summed E-state index contributed by atoms with van der Waals surface area (Å²) < 4.78 is 0. The molecule has 1 amide bonds. The van der Waals surface area contributed by atoms with E-state index in [0.717, 1.165) is 19.3 Å². The Labute approximate surface area is 96.8 Å². The van der Waals surface area contributed by atoms with Crippen LogP contribution in [0.25, 0.3) is 0 Å². The van der Waals surface area contributed by atoms with Crippen LogP contribution < -0.4 is 0 Å². The zero-order chi connectivity index (χ0) is 11.2. The second kappa shape index (κ2) is 3.73. The monoisotopic (exact) mass is 223 g/mol. The molecule has 0 spiro atoms. The third-order valence-electron chi connectivity index (χ3n) is 4.56. The molecule has 1 heterocycles. The number of carbonyl (C=O) groups excluding carboxylic acids is 1. The van der Waals surface area contributed by atoms with Crippen molar-refractivity contribution in [2.75, 3.05) is 13.1 Å². The van der Waals surface area contributed by atoms with Crippen LogP contribution in [0.2, 0.25) is 0 Å². The highest BCUT2D eigenvalue weighted by atomic mass is 16.3. The van der Waals surface area contributed by atoms with Gasteiger partial charge in [-0.1, -0.05) is 12.8 Å². The van der Waals surface area contributed by atoms with E-state index in [4.69, 9.17) is 0 Å². The number of likely N-dealkylation sites (tertiary alicyclic amines) is 1. The summed E-state index contributed by atoms with van der Waals surface area (Å²) in [6, 6.07) is 0. The molecule has 3 aliphatic rings. The van der Waals surface area contributed by atoms with E-state index in [0.29, 0.717) is 24.9 Å². The standard InChI is InChI=1S/C13H21NO2/c15-12(7-10-3-1-2-4-10)14-8-13(16,9-14)11-5-6-11/h10-11,16H,1-9H2. The van der Waals surface area contributed by atoms with Crippen molar-refractivity contribution in [3.63, 3.8) is 0 Å². The summed E-state index contributed by atoms with van der Waals surface area (Å²) in [6.07, 6.45) is 8.08. The fraction of sp³-hybridized carbons (Fsp3) is 0.923. The Bertz CT molecular complexity index is 286. The first-order valence-electron chi connectivity index (χ1n) is 6.67. The number of amides is 1. The van der Waals surface area contributed by atoms with Crippen LogP contribution in [0.15, 0.2) is 0 Å². The van der Waals surface area contributed by atoms with Gasteiger partial charge in [0.25, 0.3) is 0 Å². The Hall–Kier alpha value is -0.570. The third kappa shape index (κ3) is 1.86. The van der Waals surface area contributed by atoms with Crippen LogP contribution in [-0.4, -0.2) is 34.6 Å². The highest BCUT2D eigenvalue weighted by molar-refractivity contribution is 5.77. The van der Waals surface area contributed by atoms with E-state index >= 15 is 0 Å². The van der Waals surface area contributed by atoms with Crippen LogP contribution >= 0.6 is 0 Å². The van der Waals surface area contributed by atoms with Gasteiger partial charge in [-0.05, 0) is 37.5 Å². The van der Waals surface area contributed by atoms with Crippen molar-refractivity contribution in [3.05, 3.63) is 0 Å². The molecule has 90 valence electrons. The minimum Gasteiger partial charge on any atom is -0.386 e. The van der Waals surface area contributed by atoms with E-state index < -0.39 is 5.60 Å². The lowest BCUT2D eigenvalue weighted by atomic mass is 9.88. The van der Waals surface area contributed by atoms with E-state index in [1.54, 1.807) is 0 Å². The lowest BCUT2D eigenvalue weighted by Crippen LogP contribution is -2.64. The van der Waals surface area contributed by atoms with Crippen molar-refractivity contribution in [1.29, 1.82) is 0 Å². The van der Waals surface area contributed by atoms with Crippen molar-refractivity contribution in [2.45, 2.75) is 50.5 Å². The number of nitrogens with zero attached hydrogens (tertiary/aromatic N) is 1. The molecule has 3 nitrogen and oxygen atoms in total. The predicted octanol–water partition coefficient (Wildman–Crippen LogP) is 1.55. The lowest BCUT2D eigenvalue weighted by molar-refractivity contribution is -0.160. The maximum Gasteiger partial charge on any atom is 0.223 e. The summed E-state index contributed by atoms with van der Waals surface area (Å²) in [5.74, 6) is 1.39. The molecule has 0 radical (unpaired) electrons. The summed E-state index contributed by atoms with van der Waals surface area (Å²) in [5, 5.41) is 10.1. The molecule has 16 heavy (non-hydrogen) atoms. The van der Waals surface area contributed by atoms with Gasteiger partial charge in [-0.3, -0.25) is 4.79 Å². The van der Waals surface area contributed by atoms with Crippen LogP contribution in [0.1, 0.15) is 44.9 Å². The fourth-order valence-electron chi connectivity index (χ4n) is 3.26. The van der Waals surface area contributed by atoms with Gasteiger partial charge in [0.2, 0.25) is 5.91 Å². The van der Waals surface area contributed by atoms with Gasteiger partial charge < -0.3 is 10.0 Å². The second-order valence-electron chi connectivity index (χ2n) is 5.98. The number of β-amino-alcohol motifs (C(OH)–C–C–N with tert-alkyl or cyclic N) is 1. The Morgan fingerprint density at radius 2 is 1.81 bits per heavy atom. The van der Waals surface area contributed by atoms with Gasteiger partial charge in [0.1, 0.15) is 5.60 Å². The molecule has 0 unspecified atom stereocenters. The molecule has 2 aliphatic carbocycles. The molecule has 0 atom stereocenters. The Morgan fingerprint density at radius 1 is 1.19 bits per heavy atom. The topological polar surface area (TPSA) is 40.5 Å². The number of hydrogen-bond acceptors (Lipinski definition) is 2. The number of hydrogen-bond donors (Lipinski definition) is 1.